The van der Waals surface area contributed by atoms with E-state index in [0.29, 0.717) is 17.9 Å². The van der Waals surface area contributed by atoms with Crippen LogP contribution >= 0.6 is 0 Å². The number of aliphatic imine (C=N–C) groups is 1. The molecule has 2 nitrogen and oxygen atoms in total. The molecule has 0 fully saturated rings. The molecule has 0 aromatic rings. The summed E-state index contributed by atoms with van der Waals surface area (Å²) in [5.41, 5.74) is 5.76. The molecule has 72 valence electrons. The number of hydrogen-bond acceptors (Lipinski definition) is 1. The number of nitrogens with two attached hydrogens (primary N) is 1. The molecular formula is C10H22N2. The topological polar surface area (TPSA) is 38.4 Å². The third kappa shape index (κ3) is 3.74. The highest BCUT2D eigenvalue weighted by Gasteiger charge is 2.09. The highest BCUT2D eigenvalue weighted by atomic mass is 14.9. The Morgan fingerprint density at radius 3 is 2.08 bits per heavy atom. The summed E-state index contributed by atoms with van der Waals surface area (Å²) in [5.74, 6) is 1.78. The van der Waals surface area contributed by atoms with Crippen LogP contribution < -0.4 is 5.73 Å². The van der Waals surface area contributed by atoms with E-state index in [9.17, 15) is 0 Å². The van der Waals surface area contributed by atoms with Gasteiger partial charge in [0.25, 0.3) is 0 Å². The van der Waals surface area contributed by atoms with Crippen molar-refractivity contribution in [3.8, 4) is 0 Å². The number of nitrogens with zero attached hydrogens (tertiary/aromatic N) is 1. The molecule has 0 rings (SSSR count). The lowest BCUT2D eigenvalue weighted by molar-refractivity contribution is 0.470. The second-order valence-electron chi connectivity index (χ2n) is 3.83. The van der Waals surface area contributed by atoms with Crippen LogP contribution in [0.15, 0.2) is 4.99 Å². The van der Waals surface area contributed by atoms with Crippen LogP contribution in [0.25, 0.3) is 0 Å². The maximum Gasteiger partial charge on any atom is 0.0966 e. The normalized spacial score (nSPS) is 18.0. The average molecular weight is 170 g/mol. The van der Waals surface area contributed by atoms with E-state index in [1.54, 1.807) is 0 Å². The Labute approximate surface area is 76.3 Å². The first-order valence-corrected chi connectivity index (χ1v) is 4.82. The summed E-state index contributed by atoms with van der Waals surface area (Å²) in [6.07, 6.45) is 1.16. The van der Waals surface area contributed by atoms with Crippen LogP contribution in [0.5, 0.6) is 0 Å². The fourth-order valence-corrected chi connectivity index (χ4v) is 0.853. The molecule has 0 radical (unpaired) electrons. The van der Waals surface area contributed by atoms with Gasteiger partial charge in [0.15, 0.2) is 0 Å². The van der Waals surface area contributed by atoms with Gasteiger partial charge in [0.1, 0.15) is 0 Å². The Balaban J connectivity index is 4.13. The van der Waals surface area contributed by atoms with Crippen molar-refractivity contribution in [1.82, 2.24) is 0 Å². The van der Waals surface area contributed by atoms with Crippen molar-refractivity contribution in [3.05, 3.63) is 0 Å². The standard InChI is InChI=1S/C10H22N2/c1-6-8(4)9(5)12-10(11)7(2)3/h7-9H,6H2,1-5H3,(H2,11,12). The zero-order chi connectivity index (χ0) is 9.72. The lowest BCUT2D eigenvalue weighted by atomic mass is 10.0. The van der Waals surface area contributed by atoms with Gasteiger partial charge in [-0.3, -0.25) is 4.99 Å². The van der Waals surface area contributed by atoms with E-state index in [1.165, 1.54) is 0 Å². The van der Waals surface area contributed by atoms with Crippen molar-refractivity contribution in [2.24, 2.45) is 22.6 Å². The summed E-state index contributed by atoms with van der Waals surface area (Å²) in [5, 5.41) is 0. The second kappa shape index (κ2) is 5.18. The Morgan fingerprint density at radius 1 is 1.25 bits per heavy atom. The summed E-state index contributed by atoms with van der Waals surface area (Å²) in [6, 6.07) is 0.359. The molecule has 0 aromatic carbocycles. The lowest BCUT2D eigenvalue weighted by Gasteiger charge is -2.15. The molecule has 0 aliphatic heterocycles. The fraction of sp³-hybridized carbons (Fsp3) is 0.900. The smallest absolute Gasteiger partial charge is 0.0966 e. The zero-order valence-corrected chi connectivity index (χ0v) is 8.96. The minimum absolute atomic E-state index is 0.359. The molecule has 2 N–H and O–H groups in total. The molecule has 0 aromatic heterocycles. The molecule has 0 spiro atoms. The molecular weight excluding hydrogens is 148 g/mol. The number of amidine groups is 1. The highest BCUT2D eigenvalue weighted by Crippen LogP contribution is 2.11. The van der Waals surface area contributed by atoms with Gasteiger partial charge < -0.3 is 5.73 Å². The van der Waals surface area contributed by atoms with Crippen LogP contribution in [0.2, 0.25) is 0 Å². The molecule has 0 amide bonds. The number of hydrogen-bond donors (Lipinski definition) is 1. The Bertz CT molecular complexity index is 150. The molecule has 0 saturated heterocycles. The van der Waals surface area contributed by atoms with Gasteiger partial charge in [-0.2, -0.15) is 0 Å². The van der Waals surface area contributed by atoms with Gasteiger partial charge in [0.05, 0.1) is 11.9 Å². The summed E-state index contributed by atoms with van der Waals surface area (Å²) in [6.45, 7) is 10.7. The Kier molecular flexibility index (Phi) is 4.95. The number of rotatable bonds is 4. The largest absolute Gasteiger partial charge is 0.387 e. The molecule has 2 atom stereocenters. The molecule has 0 saturated carbocycles. The van der Waals surface area contributed by atoms with Crippen LogP contribution in [-0.4, -0.2) is 11.9 Å². The van der Waals surface area contributed by atoms with E-state index >= 15 is 0 Å². The van der Waals surface area contributed by atoms with Crippen molar-refractivity contribution in [2.75, 3.05) is 0 Å². The van der Waals surface area contributed by atoms with E-state index in [4.69, 9.17) is 5.73 Å². The molecule has 0 heterocycles. The first kappa shape index (κ1) is 11.5. The summed E-state index contributed by atoms with van der Waals surface area (Å²) in [4.78, 5) is 4.44. The van der Waals surface area contributed by atoms with Gasteiger partial charge in [0.2, 0.25) is 0 Å². The van der Waals surface area contributed by atoms with Crippen LogP contribution in [0.4, 0.5) is 0 Å². The third-order valence-corrected chi connectivity index (χ3v) is 2.41. The predicted molar refractivity (Wildman–Crippen MR) is 55.4 cm³/mol. The van der Waals surface area contributed by atoms with Crippen LogP contribution in [0.3, 0.4) is 0 Å². The van der Waals surface area contributed by atoms with Crippen molar-refractivity contribution in [1.29, 1.82) is 0 Å². The first-order valence-electron chi connectivity index (χ1n) is 4.82. The quantitative estimate of drug-likeness (QED) is 0.511. The molecule has 0 aliphatic rings. The minimum Gasteiger partial charge on any atom is -0.387 e. The van der Waals surface area contributed by atoms with Crippen molar-refractivity contribution >= 4 is 5.84 Å². The van der Waals surface area contributed by atoms with E-state index in [2.05, 4.69) is 39.6 Å². The SMILES string of the molecule is CCC(C)C(C)N=C(N)C(C)C. The van der Waals surface area contributed by atoms with Crippen LogP contribution in [-0.2, 0) is 0 Å². The van der Waals surface area contributed by atoms with Gasteiger partial charge in [-0.25, -0.2) is 0 Å². The van der Waals surface area contributed by atoms with Crippen LogP contribution in [0, 0.1) is 11.8 Å². The lowest BCUT2D eigenvalue weighted by Crippen LogP contribution is -2.23. The third-order valence-electron chi connectivity index (χ3n) is 2.41. The van der Waals surface area contributed by atoms with Crippen molar-refractivity contribution in [3.63, 3.8) is 0 Å². The van der Waals surface area contributed by atoms with E-state index in [1.807, 2.05) is 0 Å². The first-order chi connectivity index (χ1) is 5.49. The molecule has 0 bridgehead atoms. The molecule has 2 heteroatoms. The van der Waals surface area contributed by atoms with Gasteiger partial charge in [0, 0.05) is 5.92 Å². The van der Waals surface area contributed by atoms with Gasteiger partial charge in [-0.1, -0.05) is 34.1 Å². The van der Waals surface area contributed by atoms with Gasteiger partial charge >= 0.3 is 0 Å². The van der Waals surface area contributed by atoms with Crippen molar-refractivity contribution < 1.29 is 0 Å². The van der Waals surface area contributed by atoms with E-state index in [-0.39, 0.29) is 0 Å². The van der Waals surface area contributed by atoms with E-state index < -0.39 is 0 Å². The molecule has 0 aliphatic carbocycles. The zero-order valence-electron chi connectivity index (χ0n) is 8.96. The second-order valence-corrected chi connectivity index (χ2v) is 3.83. The fourth-order valence-electron chi connectivity index (χ4n) is 0.853. The maximum atomic E-state index is 5.76. The molecule has 2 unspecified atom stereocenters. The van der Waals surface area contributed by atoms with Crippen LogP contribution in [0.1, 0.15) is 41.0 Å². The average Bonchev–Trinajstić information content (AvgIpc) is 2.02. The summed E-state index contributed by atoms with van der Waals surface area (Å²) in [7, 11) is 0. The van der Waals surface area contributed by atoms with Crippen molar-refractivity contribution in [2.45, 2.75) is 47.1 Å². The monoisotopic (exact) mass is 170 g/mol. The molecule has 12 heavy (non-hydrogen) atoms. The van der Waals surface area contributed by atoms with Gasteiger partial charge in [-0.05, 0) is 12.8 Å². The highest BCUT2D eigenvalue weighted by molar-refractivity contribution is 5.82. The maximum absolute atomic E-state index is 5.76. The predicted octanol–water partition coefficient (Wildman–Crippen LogP) is 2.43. The summed E-state index contributed by atoms with van der Waals surface area (Å²) >= 11 is 0. The summed E-state index contributed by atoms with van der Waals surface area (Å²) < 4.78 is 0. The Morgan fingerprint density at radius 2 is 1.75 bits per heavy atom. The van der Waals surface area contributed by atoms with E-state index in [0.717, 1.165) is 12.3 Å². The minimum atomic E-state index is 0.359. The Hall–Kier alpha value is -0.530. The van der Waals surface area contributed by atoms with Gasteiger partial charge in [-0.15, -0.1) is 0 Å².